The first kappa shape index (κ1) is 13.2. The van der Waals surface area contributed by atoms with E-state index in [0.29, 0.717) is 12.8 Å². The molecule has 19 heavy (non-hydrogen) atoms. The molecular weight excluding hydrogens is 243 g/mol. The maximum atomic E-state index is 13.0. The second-order valence-corrected chi connectivity index (χ2v) is 4.36. The SMILES string of the molecule is Cc1cc(NC(=O)CCc2cccc(F)c2)ccn1. The van der Waals surface area contributed by atoms with Crippen LogP contribution in [0.15, 0.2) is 42.6 Å². The van der Waals surface area contributed by atoms with Gasteiger partial charge >= 0.3 is 0 Å². The fourth-order valence-corrected chi connectivity index (χ4v) is 1.80. The van der Waals surface area contributed by atoms with Gasteiger partial charge in [-0.2, -0.15) is 0 Å². The van der Waals surface area contributed by atoms with E-state index in [4.69, 9.17) is 0 Å². The lowest BCUT2D eigenvalue weighted by atomic mass is 10.1. The maximum absolute atomic E-state index is 13.0. The van der Waals surface area contributed by atoms with Crippen LogP contribution in [0.5, 0.6) is 0 Å². The highest BCUT2D eigenvalue weighted by molar-refractivity contribution is 5.90. The van der Waals surface area contributed by atoms with Gasteiger partial charge in [-0.1, -0.05) is 12.1 Å². The Bertz CT molecular complexity index is 584. The number of nitrogens with one attached hydrogen (secondary N) is 1. The molecule has 1 aromatic carbocycles. The number of aryl methyl sites for hydroxylation is 2. The molecule has 98 valence electrons. The summed E-state index contributed by atoms with van der Waals surface area (Å²) in [4.78, 5) is 15.8. The molecule has 0 saturated carbocycles. The lowest BCUT2D eigenvalue weighted by molar-refractivity contribution is -0.116. The van der Waals surface area contributed by atoms with Crippen molar-refractivity contribution in [3.63, 3.8) is 0 Å². The van der Waals surface area contributed by atoms with Crippen molar-refractivity contribution in [3.05, 3.63) is 59.7 Å². The molecule has 0 bridgehead atoms. The summed E-state index contributed by atoms with van der Waals surface area (Å²) in [5.41, 5.74) is 2.40. The highest BCUT2D eigenvalue weighted by atomic mass is 19.1. The molecule has 2 rings (SSSR count). The predicted molar refractivity (Wildman–Crippen MR) is 72.3 cm³/mol. The molecule has 0 unspecified atom stereocenters. The standard InChI is InChI=1S/C15H15FN2O/c1-11-9-14(7-8-17-11)18-15(19)6-5-12-3-2-4-13(16)10-12/h2-4,7-10H,5-6H2,1H3,(H,17,18,19). The molecule has 0 saturated heterocycles. The Hall–Kier alpha value is -2.23. The van der Waals surface area contributed by atoms with Crippen molar-refractivity contribution in [2.24, 2.45) is 0 Å². The van der Waals surface area contributed by atoms with E-state index in [1.54, 1.807) is 24.4 Å². The van der Waals surface area contributed by atoms with Crippen LogP contribution in [0.4, 0.5) is 10.1 Å². The van der Waals surface area contributed by atoms with Crippen LogP contribution in [-0.2, 0) is 11.2 Å². The number of anilines is 1. The first-order valence-electron chi connectivity index (χ1n) is 6.10. The summed E-state index contributed by atoms with van der Waals surface area (Å²) in [5.74, 6) is -0.363. The van der Waals surface area contributed by atoms with Gasteiger partial charge in [0.1, 0.15) is 5.82 Å². The van der Waals surface area contributed by atoms with Crippen LogP contribution < -0.4 is 5.32 Å². The number of hydrogen-bond donors (Lipinski definition) is 1. The van der Waals surface area contributed by atoms with Crippen molar-refractivity contribution in [3.8, 4) is 0 Å². The molecule has 0 aliphatic heterocycles. The van der Waals surface area contributed by atoms with Crippen LogP contribution in [0, 0.1) is 12.7 Å². The van der Waals surface area contributed by atoms with Gasteiger partial charge in [-0.25, -0.2) is 4.39 Å². The summed E-state index contributed by atoms with van der Waals surface area (Å²) in [6.07, 6.45) is 2.50. The number of pyridine rings is 1. The molecule has 0 radical (unpaired) electrons. The highest BCUT2D eigenvalue weighted by Crippen LogP contribution is 2.10. The molecule has 3 nitrogen and oxygen atoms in total. The van der Waals surface area contributed by atoms with Crippen molar-refractivity contribution < 1.29 is 9.18 Å². The van der Waals surface area contributed by atoms with E-state index in [1.807, 2.05) is 13.0 Å². The minimum atomic E-state index is -0.275. The van der Waals surface area contributed by atoms with Gasteiger partial charge in [-0.05, 0) is 43.2 Å². The molecular formula is C15H15FN2O. The van der Waals surface area contributed by atoms with E-state index in [1.165, 1.54) is 12.1 Å². The topological polar surface area (TPSA) is 42.0 Å². The molecule has 1 aromatic heterocycles. The van der Waals surface area contributed by atoms with Gasteiger partial charge < -0.3 is 5.32 Å². The summed E-state index contributed by atoms with van der Waals surface area (Å²) < 4.78 is 13.0. The molecule has 1 N–H and O–H groups in total. The van der Waals surface area contributed by atoms with Crippen molar-refractivity contribution in [2.75, 3.05) is 5.32 Å². The van der Waals surface area contributed by atoms with E-state index in [9.17, 15) is 9.18 Å². The third kappa shape index (κ3) is 4.17. The van der Waals surface area contributed by atoms with Crippen molar-refractivity contribution in [2.45, 2.75) is 19.8 Å². The number of benzene rings is 1. The summed E-state index contributed by atoms with van der Waals surface area (Å²) in [5, 5.41) is 2.79. The predicted octanol–water partition coefficient (Wildman–Crippen LogP) is 3.10. The zero-order chi connectivity index (χ0) is 13.7. The average Bonchev–Trinajstić information content (AvgIpc) is 2.36. The normalized spacial score (nSPS) is 10.2. The van der Waals surface area contributed by atoms with Gasteiger partial charge in [0.05, 0.1) is 0 Å². The molecule has 1 heterocycles. The van der Waals surface area contributed by atoms with Crippen molar-refractivity contribution >= 4 is 11.6 Å². The molecule has 2 aromatic rings. The van der Waals surface area contributed by atoms with Crippen molar-refractivity contribution in [1.82, 2.24) is 4.98 Å². The van der Waals surface area contributed by atoms with Crippen LogP contribution in [0.2, 0.25) is 0 Å². The Kier molecular flexibility index (Phi) is 4.23. The van der Waals surface area contributed by atoms with Crippen LogP contribution in [0.25, 0.3) is 0 Å². The van der Waals surface area contributed by atoms with Gasteiger partial charge in [-0.3, -0.25) is 9.78 Å². The second-order valence-electron chi connectivity index (χ2n) is 4.36. The van der Waals surface area contributed by atoms with Crippen LogP contribution in [-0.4, -0.2) is 10.9 Å². The summed E-state index contributed by atoms with van der Waals surface area (Å²) in [7, 11) is 0. The quantitative estimate of drug-likeness (QED) is 0.915. The second kappa shape index (κ2) is 6.09. The molecule has 1 amide bonds. The Balaban J connectivity index is 1.88. The number of amides is 1. The monoisotopic (exact) mass is 258 g/mol. The number of aromatic nitrogens is 1. The van der Waals surface area contributed by atoms with E-state index in [-0.39, 0.29) is 11.7 Å². The highest BCUT2D eigenvalue weighted by Gasteiger charge is 2.04. The Morgan fingerprint density at radius 2 is 2.16 bits per heavy atom. The molecule has 4 heteroatoms. The van der Waals surface area contributed by atoms with Gasteiger partial charge in [0.2, 0.25) is 5.91 Å². The molecule has 0 fully saturated rings. The van der Waals surface area contributed by atoms with Crippen LogP contribution in [0.3, 0.4) is 0 Å². The first-order chi connectivity index (χ1) is 9.13. The Morgan fingerprint density at radius 1 is 1.32 bits per heavy atom. The smallest absolute Gasteiger partial charge is 0.224 e. The zero-order valence-corrected chi connectivity index (χ0v) is 10.7. The number of rotatable bonds is 4. The minimum Gasteiger partial charge on any atom is -0.326 e. The van der Waals surface area contributed by atoms with E-state index in [2.05, 4.69) is 10.3 Å². The average molecular weight is 258 g/mol. The van der Waals surface area contributed by atoms with Crippen molar-refractivity contribution in [1.29, 1.82) is 0 Å². The van der Waals surface area contributed by atoms with Gasteiger partial charge in [0.25, 0.3) is 0 Å². The third-order valence-corrected chi connectivity index (χ3v) is 2.71. The van der Waals surface area contributed by atoms with E-state index < -0.39 is 0 Å². The Morgan fingerprint density at radius 3 is 2.89 bits per heavy atom. The van der Waals surface area contributed by atoms with E-state index >= 15 is 0 Å². The first-order valence-corrected chi connectivity index (χ1v) is 6.10. The lowest BCUT2D eigenvalue weighted by Crippen LogP contribution is -2.12. The summed E-state index contributed by atoms with van der Waals surface area (Å²) >= 11 is 0. The van der Waals surface area contributed by atoms with Gasteiger partial charge in [-0.15, -0.1) is 0 Å². The van der Waals surface area contributed by atoms with Crippen LogP contribution >= 0.6 is 0 Å². The summed E-state index contributed by atoms with van der Waals surface area (Å²) in [6, 6.07) is 9.85. The fourth-order valence-electron chi connectivity index (χ4n) is 1.80. The van der Waals surface area contributed by atoms with Gasteiger partial charge in [0, 0.05) is 24.0 Å². The largest absolute Gasteiger partial charge is 0.326 e. The minimum absolute atomic E-state index is 0.0881. The summed E-state index contributed by atoms with van der Waals surface area (Å²) in [6.45, 7) is 1.86. The molecule has 0 spiro atoms. The number of halogens is 1. The van der Waals surface area contributed by atoms with Crippen LogP contribution in [0.1, 0.15) is 17.7 Å². The Labute approximate surface area is 111 Å². The lowest BCUT2D eigenvalue weighted by Gasteiger charge is -2.05. The molecule has 0 aliphatic carbocycles. The molecule has 0 atom stereocenters. The molecule has 0 aliphatic rings. The number of carbonyl (C=O) groups excluding carboxylic acids is 1. The third-order valence-electron chi connectivity index (χ3n) is 2.71. The van der Waals surface area contributed by atoms with E-state index in [0.717, 1.165) is 16.9 Å². The fraction of sp³-hybridized carbons (Fsp3) is 0.200. The zero-order valence-electron chi connectivity index (χ0n) is 10.7. The number of hydrogen-bond acceptors (Lipinski definition) is 2. The number of carbonyl (C=O) groups is 1. The maximum Gasteiger partial charge on any atom is 0.224 e. The van der Waals surface area contributed by atoms with Gasteiger partial charge in [0.15, 0.2) is 0 Å². The number of nitrogens with zero attached hydrogens (tertiary/aromatic N) is 1.